The average molecular weight is 361 g/mol. The number of nitrogens with zero attached hydrogens (tertiary/aromatic N) is 3. The lowest BCUT2D eigenvalue weighted by molar-refractivity contribution is 0.0240. The van der Waals surface area contributed by atoms with Gasteiger partial charge in [-0.2, -0.15) is 0 Å². The first kappa shape index (κ1) is 19.6. The van der Waals surface area contributed by atoms with E-state index in [1.807, 2.05) is 26.8 Å². The lowest BCUT2D eigenvalue weighted by atomic mass is 10.0. The summed E-state index contributed by atoms with van der Waals surface area (Å²) in [7, 11) is 1.64. The molecule has 0 saturated carbocycles. The lowest BCUT2D eigenvalue weighted by Gasteiger charge is -2.37. The standard InChI is InChI=1S/C18H27N5O3/c1-18(2,3)26-17(25)23-9-7-22(8-10-23)14-6-5-12(16(20)24)15(19)13(14)11-21-4/h5-6,11H,7-10,19H2,1-4H3,(H2,20,24). The van der Waals surface area contributed by atoms with E-state index in [0.717, 1.165) is 5.69 Å². The van der Waals surface area contributed by atoms with E-state index in [1.165, 1.54) is 0 Å². The molecule has 142 valence electrons. The Hall–Kier alpha value is -2.77. The number of hydrogen-bond donors (Lipinski definition) is 2. The van der Waals surface area contributed by atoms with Crippen LogP contribution in [0.4, 0.5) is 16.2 Å². The van der Waals surface area contributed by atoms with Crippen molar-refractivity contribution in [2.75, 3.05) is 43.9 Å². The molecular formula is C18H27N5O3. The van der Waals surface area contributed by atoms with Crippen LogP contribution in [0.25, 0.3) is 0 Å². The largest absolute Gasteiger partial charge is 0.444 e. The fourth-order valence-corrected chi connectivity index (χ4v) is 2.84. The van der Waals surface area contributed by atoms with E-state index < -0.39 is 11.5 Å². The number of carbonyl (C=O) groups is 2. The van der Waals surface area contributed by atoms with Crippen LogP contribution in [0.1, 0.15) is 36.7 Å². The smallest absolute Gasteiger partial charge is 0.410 e. The monoisotopic (exact) mass is 361 g/mol. The van der Waals surface area contributed by atoms with Crippen LogP contribution < -0.4 is 16.4 Å². The molecule has 0 bridgehead atoms. The average Bonchev–Trinajstić information content (AvgIpc) is 2.55. The number of piperazine rings is 1. The number of hydrogen-bond acceptors (Lipinski definition) is 6. The Kier molecular flexibility index (Phi) is 5.74. The number of aliphatic imine (C=N–C) groups is 1. The maximum absolute atomic E-state index is 12.2. The van der Waals surface area contributed by atoms with E-state index in [0.29, 0.717) is 37.4 Å². The van der Waals surface area contributed by atoms with Gasteiger partial charge in [0.15, 0.2) is 0 Å². The van der Waals surface area contributed by atoms with Crippen molar-refractivity contribution in [3.8, 4) is 0 Å². The Morgan fingerprint density at radius 3 is 2.31 bits per heavy atom. The molecule has 1 aliphatic rings. The van der Waals surface area contributed by atoms with Gasteiger partial charge in [0.1, 0.15) is 5.60 Å². The number of amides is 2. The number of benzene rings is 1. The SMILES string of the molecule is CN=Cc1c(N2CCN(C(=O)OC(C)(C)C)CC2)ccc(C(N)=O)c1N. The maximum Gasteiger partial charge on any atom is 0.410 e. The molecule has 0 aromatic heterocycles. The van der Waals surface area contributed by atoms with Gasteiger partial charge in [-0.3, -0.25) is 9.79 Å². The molecule has 2 amide bonds. The van der Waals surface area contributed by atoms with E-state index in [4.69, 9.17) is 16.2 Å². The first-order chi connectivity index (χ1) is 12.1. The van der Waals surface area contributed by atoms with Crippen molar-refractivity contribution in [1.82, 2.24) is 4.90 Å². The summed E-state index contributed by atoms with van der Waals surface area (Å²) in [6, 6.07) is 3.44. The third-order valence-electron chi connectivity index (χ3n) is 4.06. The van der Waals surface area contributed by atoms with Crippen LogP contribution in [-0.2, 0) is 4.74 Å². The highest BCUT2D eigenvalue weighted by molar-refractivity contribution is 6.05. The van der Waals surface area contributed by atoms with Crippen molar-refractivity contribution in [2.45, 2.75) is 26.4 Å². The summed E-state index contributed by atoms with van der Waals surface area (Å²) in [6.07, 6.45) is 1.31. The molecule has 0 atom stereocenters. The minimum absolute atomic E-state index is 0.274. The number of ether oxygens (including phenoxy) is 1. The zero-order valence-corrected chi connectivity index (χ0v) is 15.8. The highest BCUT2D eigenvalue weighted by Gasteiger charge is 2.27. The van der Waals surface area contributed by atoms with Crippen LogP contribution in [0.3, 0.4) is 0 Å². The van der Waals surface area contributed by atoms with E-state index in [-0.39, 0.29) is 11.7 Å². The minimum Gasteiger partial charge on any atom is -0.444 e. The summed E-state index contributed by atoms with van der Waals surface area (Å²) in [6.45, 7) is 7.87. The molecule has 0 unspecified atom stereocenters. The zero-order chi connectivity index (χ0) is 19.5. The van der Waals surface area contributed by atoms with Crippen molar-refractivity contribution in [1.29, 1.82) is 0 Å². The van der Waals surface area contributed by atoms with Crippen molar-refractivity contribution >= 4 is 29.6 Å². The summed E-state index contributed by atoms with van der Waals surface area (Å²) < 4.78 is 5.42. The highest BCUT2D eigenvalue weighted by atomic mass is 16.6. The van der Waals surface area contributed by atoms with Gasteiger partial charge in [0.25, 0.3) is 5.91 Å². The van der Waals surface area contributed by atoms with Gasteiger partial charge in [0.05, 0.1) is 11.3 Å². The van der Waals surface area contributed by atoms with Gasteiger partial charge in [0.2, 0.25) is 0 Å². The van der Waals surface area contributed by atoms with Gasteiger partial charge in [-0.25, -0.2) is 4.79 Å². The maximum atomic E-state index is 12.2. The van der Waals surface area contributed by atoms with Crippen LogP contribution >= 0.6 is 0 Å². The summed E-state index contributed by atoms with van der Waals surface area (Å²) in [5.74, 6) is -0.574. The summed E-state index contributed by atoms with van der Waals surface area (Å²) in [5.41, 5.74) is 13.1. The molecule has 1 saturated heterocycles. The van der Waals surface area contributed by atoms with Crippen LogP contribution in [0.5, 0.6) is 0 Å². The van der Waals surface area contributed by atoms with E-state index in [1.54, 1.807) is 24.2 Å². The number of carbonyl (C=O) groups excluding carboxylic acids is 2. The predicted octanol–water partition coefficient (Wildman–Crippen LogP) is 1.47. The fraction of sp³-hybridized carbons (Fsp3) is 0.500. The van der Waals surface area contributed by atoms with Gasteiger partial charge < -0.3 is 26.0 Å². The summed E-state index contributed by atoms with van der Waals surface area (Å²) in [4.78, 5) is 31.6. The van der Waals surface area contributed by atoms with Gasteiger partial charge >= 0.3 is 6.09 Å². The third-order valence-corrected chi connectivity index (χ3v) is 4.06. The second-order valence-corrected chi connectivity index (χ2v) is 7.17. The minimum atomic E-state index is -0.574. The van der Waals surface area contributed by atoms with E-state index in [2.05, 4.69) is 9.89 Å². The lowest BCUT2D eigenvalue weighted by Crippen LogP contribution is -2.50. The Labute approximate surface area is 153 Å². The molecule has 1 aliphatic heterocycles. The van der Waals surface area contributed by atoms with Crippen LogP contribution in [0.15, 0.2) is 17.1 Å². The van der Waals surface area contributed by atoms with Gasteiger partial charge in [-0.05, 0) is 32.9 Å². The molecule has 8 nitrogen and oxygen atoms in total. The van der Waals surface area contributed by atoms with Crippen LogP contribution in [0.2, 0.25) is 0 Å². The van der Waals surface area contributed by atoms with Crippen LogP contribution in [-0.4, -0.2) is 61.9 Å². The van der Waals surface area contributed by atoms with Crippen molar-refractivity contribution in [3.63, 3.8) is 0 Å². The Morgan fingerprint density at radius 2 is 1.81 bits per heavy atom. The fourth-order valence-electron chi connectivity index (χ4n) is 2.84. The zero-order valence-electron chi connectivity index (χ0n) is 15.8. The van der Waals surface area contributed by atoms with Crippen molar-refractivity contribution < 1.29 is 14.3 Å². The molecule has 0 radical (unpaired) electrons. The summed E-state index contributed by atoms with van der Waals surface area (Å²) >= 11 is 0. The topological polar surface area (TPSA) is 114 Å². The van der Waals surface area contributed by atoms with Crippen molar-refractivity contribution in [3.05, 3.63) is 23.3 Å². The molecule has 1 fully saturated rings. The highest BCUT2D eigenvalue weighted by Crippen LogP contribution is 2.28. The normalized spacial score (nSPS) is 15.4. The molecule has 2 rings (SSSR count). The molecule has 1 aromatic rings. The second-order valence-electron chi connectivity index (χ2n) is 7.17. The van der Waals surface area contributed by atoms with Gasteiger partial charge in [-0.15, -0.1) is 0 Å². The number of nitrogen functional groups attached to an aromatic ring is 1. The van der Waals surface area contributed by atoms with E-state index in [9.17, 15) is 9.59 Å². The third kappa shape index (κ3) is 4.44. The molecule has 0 aliphatic carbocycles. The second kappa shape index (κ2) is 7.63. The molecule has 1 aromatic carbocycles. The number of nitrogens with two attached hydrogens (primary N) is 2. The molecule has 4 N–H and O–H groups in total. The van der Waals surface area contributed by atoms with Gasteiger partial charge in [-0.1, -0.05) is 0 Å². The molecule has 8 heteroatoms. The summed E-state index contributed by atoms with van der Waals surface area (Å²) in [5, 5.41) is 0. The first-order valence-corrected chi connectivity index (χ1v) is 8.51. The Morgan fingerprint density at radius 1 is 1.19 bits per heavy atom. The van der Waals surface area contributed by atoms with Crippen molar-refractivity contribution in [2.24, 2.45) is 10.7 Å². The number of anilines is 2. The first-order valence-electron chi connectivity index (χ1n) is 8.51. The predicted molar refractivity (Wildman–Crippen MR) is 103 cm³/mol. The van der Waals surface area contributed by atoms with Crippen LogP contribution in [0, 0.1) is 0 Å². The molecule has 1 heterocycles. The molecule has 26 heavy (non-hydrogen) atoms. The van der Waals surface area contributed by atoms with Gasteiger partial charge in [0, 0.05) is 50.7 Å². The van der Waals surface area contributed by atoms with E-state index >= 15 is 0 Å². The Bertz CT molecular complexity index is 716. The molecular weight excluding hydrogens is 334 g/mol. The number of rotatable bonds is 3. The quantitative estimate of drug-likeness (QED) is 0.625. The number of primary amides is 1. The Balaban J connectivity index is 2.18. The molecule has 0 spiro atoms.